The molecule has 0 aliphatic heterocycles. The highest BCUT2D eigenvalue weighted by Crippen LogP contribution is 2.10. The molecule has 10 heavy (non-hydrogen) atoms. The molecule has 0 saturated carbocycles. The van der Waals surface area contributed by atoms with Crippen molar-refractivity contribution in [3.63, 3.8) is 0 Å². The molecule has 0 bridgehead atoms. The van der Waals surface area contributed by atoms with Crippen LogP contribution in [0.25, 0.3) is 0 Å². The molecule has 0 aromatic heterocycles. The van der Waals surface area contributed by atoms with Crippen molar-refractivity contribution < 1.29 is 0 Å². The Bertz CT molecular complexity index is 175. The van der Waals surface area contributed by atoms with Crippen molar-refractivity contribution in [3.8, 4) is 0 Å². The van der Waals surface area contributed by atoms with E-state index in [4.69, 9.17) is 17.3 Å². The number of thioether (sulfide) groups is 1. The van der Waals surface area contributed by atoms with Gasteiger partial charge in [0, 0.05) is 0 Å². The first-order valence-electron chi connectivity index (χ1n) is 2.56. The summed E-state index contributed by atoms with van der Waals surface area (Å²) in [5.41, 5.74) is 5.06. The summed E-state index contributed by atoms with van der Waals surface area (Å²) in [6.07, 6.45) is 4.71. The third-order valence-electron chi connectivity index (χ3n) is 0.701. The molecule has 0 unspecified atom stereocenters. The third kappa shape index (κ3) is 4.47. The highest BCUT2D eigenvalue weighted by Gasteiger charge is 1.87. The van der Waals surface area contributed by atoms with Crippen molar-refractivity contribution in [1.29, 1.82) is 0 Å². The molecule has 0 spiro atoms. The molecule has 4 heteroatoms. The van der Waals surface area contributed by atoms with E-state index in [0.717, 1.165) is 0 Å². The fourth-order valence-corrected chi connectivity index (χ4v) is 0.696. The highest BCUT2D eigenvalue weighted by molar-refractivity contribution is 8.02. The Morgan fingerprint density at radius 3 is 2.80 bits per heavy atom. The SMILES string of the molecule is C=C(N=C(Cl)/C=C\N)SC. The summed E-state index contributed by atoms with van der Waals surface area (Å²) >= 11 is 7.00. The minimum absolute atomic E-state index is 0.349. The van der Waals surface area contributed by atoms with Crippen molar-refractivity contribution in [2.45, 2.75) is 0 Å². The number of nitrogens with zero attached hydrogens (tertiary/aromatic N) is 1. The number of halogens is 1. The minimum atomic E-state index is 0.349. The lowest BCUT2D eigenvalue weighted by Crippen LogP contribution is -1.84. The van der Waals surface area contributed by atoms with Gasteiger partial charge in [0.15, 0.2) is 0 Å². The average Bonchev–Trinajstić information content (AvgIpc) is 1.88. The molecule has 2 nitrogen and oxygen atoms in total. The molecule has 0 aromatic rings. The van der Waals surface area contributed by atoms with E-state index < -0.39 is 0 Å². The molecule has 56 valence electrons. The van der Waals surface area contributed by atoms with Crippen molar-refractivity contribution in [2.24, 2.45) is 10.7 Å². The predicted octanol–water partition coefficient (Wildman–Crippen LogP) is 1.93. The van der Waals surface area contributed by atoms with Crippen LogP contribution >= 0.6 is 23.4 Å². The molecule has 2 N–H and O–H groups in total. The van der Waals surface area contributed by atoms with Gasteiger partial charge in [-0.3, -0.25) is 0 Å². The Morgan fingerprint density at radius 2 is 2.40 bits per heavy atom. The van der Waals surface area contributed by atoms with Crippen LogP contribution in [0.5, 0.6) is 0 Å². The van der Waals surface area contributed by atoms with Gasteiger partial charge in [-0.25, -0.2) is 4.99 Å². The zero-order valence-electron chi connectivity index (χ0n) is 5.67. The normalized spacial score (nSPS) is 12.4. The van der Waals surface area contributed by atoms with Crippen LogP contribution in [0.1, 0.15) is 0 Å². The molecule has 0 saturated heterocycles. The maximum absolute atomic E-state index is 5.56. The maximum atomic E-state index is 5.56. The van der Waals surface area contributed by atoms with Crippen LogP contribution in [-0.4, -0.2) is 11.4 Å². The zero-order valence-corrected chi connectivity index (χ0v) is 7.25. The van der Waals surface area contributed by atoms with Gasteiger partial charge in [-0.1, -0.05) is 18.2 Å². The minimum Gasteiger partial charge on any atom is -0.405 e. The molecule has 0 atom stereocenters. The molecular weight excluding hydrogens is 168 g/mol. The Hall–Kier alpha value is -0.410. The molecule has 0 heterocycles. The first-order valence-corrected chi connectivity index (χ1v) is 4.16. The lowest BCUT2D eigenvalue weighted by Gasteiger charge is -1.90. The van der Waals surface area contributed by atoms with Crippen LogP contribution in [-0.2, 0) is 0 Å². The van der Waals surface area contributed by atoms with E-state index in [1.807, 2.05) is 6.26 Å². The monoisotopic (exact) mass is 176 g/mol. The first-order chi connectivity index (χ1) is 4.70. The van der Waals surface area contributed by atoms with Crippen LogP contribution in [0.3, 0.4) is 0 Å². The van der Waals surface area contributed by atoms with Gasteiger partial charge in [0.1, 0.15) is 5.17 Å². The number of rotatable bonds is 3. The molecule has 0 aromatic carbocycles. The van der Waals surface area contributed by atoms with Gasteiger partial charge in [0.2, 0.25) is 0 Å². The second kappa shape index (κ2) is 5.38. The van der Waals surface area contributed by atoms with E-state index in [-0.39, 0.29) is 0 Å². The highest BCUT2D eigenvalue weighted by atomic mass is 35.5. The fraction of sp³-hybridized carbons (Fsp3) is 0.167. The van der Waals surface area contributed by atoms with E-state index in [1.165, 1.54) is 24.0 Å². The standard InChI is InChI=1S/C6H9ClN2S/c1-5(10-2)9-6(7)3-4-8/h3-4H,1,8H2,2H3/b4-3-,9-6?. The van der Waals surface area contributed by atoms with E-state index in [9.17, 15) is 0 Å². The summed E-state index contributed by atoms with van der Waals surface area (Å²) < 4.78 is 0. The molecular formula is C6H9ClN2S. The van der Waals surface area contributed by atoms with Crippen LogP contribution < -0.4 is 5.73 Å². The van der Waals surface area contributed by atoms with E-state index in [1.54, 1.807) is 0 Å². The summed E-state index contributed by atoms with van der Waals surface area (Å²) in [4.78, 5) is 3.87. The number of nitrogens with two attached hydrogens (primary N) is 1. The van der Waals surface area contributed by atoms with Gasteiger partial charge in [-0.2, -0.15) is 0 Å². The van der Waals surface area contributed by atoms with Crippen LogP contribution in [0.15, 0.2) is 28.9 Å². The second-order valence-electron chi connectivity index (χ2n) is 1.39. The van der Waals surface area contributed by atoms with Crippen molar-refractivity contribution in [2.75, 3.05) is 6.26 Å². The van der Waals surface area contributed by atoms with Gasteiger partial charge in [-0.15, -0.1) is 11.8 Å². The van der Waals surface area contributed by atoms with Crippen molar-refractivity contribution >= 4 is 28.5 Å². The van der Waals surface area contributed by atoms with E-state index in [2.05, 4.69) is 11.6 Å². The third-order valence-corrected chi connectivity index (χ3v) is 1.47. The topological polar surface area (TPSA) is 38.4 Å². The number of aliphatic imine (C=N–C) groups is 1. The summed E-state index contributed by atoms with van der Waals surface area (Å²) in [6, 6.07) is 0. The Kier molecular flexibility index (Phi) is 5.16. The molecule has 0 aliphatic rings. The number of hydrogen-bond donors (Lipinski definition) is 1. The van der Waals surface area contributed by atoms with Crippen LogP contribution in [0.2, 0.25) is 0 Å². The fourth-order valence-electron chi connectivity index (χ4n) is 0.281. The van der Waals surface area contributed by atoms with Gasteiger partial charge in [0.25, 0.3) is 0 Å². The maximum Gasteiger partial charge on any atom is 0.131 e. The first kappa shape index (κ1) is 9.59. The van der Waals surface area contributed by atoms with E-state index >= 15 is 0 Å². The average molecular weight is 177 g/mol. The molecule has 0 amide bonds. The summed E-state index contributed by atoms with van der Waals surface area (Å²) in [5.74, 6) is 0. The molecule has 0 rings (SSSR count). The van der Waals surface area contributed by atoms with E-state index in [0.29, 0.717) is 10.2 Å². The zero-order chi connectivity index (χ0) is 7.98. The van der Waals surface area contributed by atoms with Crippen LogP contribution in [0.4, 0.5) is 0 Å². The summed E-state index contributed by atoms with van der Waals surface area (Å²) in [7, 11) is 0. The predicted molar refractivity (Wildman–Crippen MR) is 49.3 cm³/mol. The molecule has 0 fully saturated rings. The number of allylic oxidation sites excluding steroid dienone is 1. The Labute approximate surface area is 69.8 Å². The molecule has 0 aliphatic carbocycles. The number of hydrogen-bond acceptors (Lipinski definition) is 3. The Morgan fingerprint density at radius 1 is 1.80 bits per heavy atom. The van der Waals surface area contributed by atoms with Crippen molar-refractivity contribution in [3.05, 3.63) is 23.9 Å². The molecule has 0 radical (unpaired) electrons. The Balaban J connectivity index is 4.02. The van der Waals surface area contributed by atoms with Gasteiger partial charge >= 0.3 is 0 Å². The largest absolute Gasteiger partial charge is 0.405 e. The lowest BCUT2D eigenvalue weighted by atomic mass is 10.6. The lowest BCUT2D eigenvalue weighted by molar-refractivity contribution is 1.55. The van der Waals surface area contributed by atoms with Crippen molar-refractivity contribution in [1.82, 2.24) is 0 Å². The van der Waals surface area contributed by atoms with Crippen LogP contribution in [0, 0.1) is 0 Å². The summed E-state index contributed by atoms with van der Waals surface area (Å²) in [5, 5.41) is 1.02. The van der Waals surface area contributed by atoms with Gasteiger partial charge in [-0.05, 0) is 18.5 Å². The summed E-state index contributed by atoms with van der Waals surface area (Å²) in [6.45, 7) is 3.61. The quantitative estimate of drug-likeness (QED) is 0.668. The second-order valence-corrected chi connectivity index (χ2v) is 2.66. The smallest absolute Gasteiger partial charge is 0.131 e. The van der Waals surface area contributed by atoms with Gasteiger partial charge in [0.05, 0.1) is 5.03 Å². The van der Waals surface area contributed by atoms with Gasteiger partial charge < -0.3 is 5.73 Å².